The Bertz CT molecular complexity index is 1070. The fourth-order valence-corrected chi connectivity index (χ4v) is 7.65. The van der Waals surface area contributed by atoms with Gasteiger partial charge in [0.1, 0.15) is 23.0 Å². The van der Waals surface area contributed by atoms with Gasteiger partial charge in [-0.1, -0.05) is 31.9 Å². The summed E-state index contributed by atoms with van der Waals surface area (Å²) in [5.41, 5.74) is 0.183. The average molecular weight is 537 g/mol. The highest BCUT2D eigenvalue weighted by atomic mass is 19.4. The van der Waals surface area contributed by atoms with Gasteiger partial charge in [-0.15, -0.1) is 0 Å². The van der Waals surface area contributed by atoms with Crippen molar-refractivity contribution in [2.45, 2.75) is 108 Å². The van der Waals surface area contributed by atoms with E-state index < -0.39 is 23.4 Å². The third-order valence-corrected chi connectivity index (χ3v) is 9.98. The van der Waals surface area contributed by atoms with Gasteiger partial charge < -0.3 is 0 Å². The van der Waals surface area contributed by atoms with Crippen molar-refractivity contribution < 1.29 is 26.3 Å². The van der Waals surface area contributed by atoms with Gasteiger partial charge in [-0.05, 0) is 135 Å². The predicted octanol–water partition coefficient (Wildman–Crippen LogP) is 10.7. The van der Waals surface area contributed by atoms with Gasteiger partial charge >= 0.3 is 6.18 Å². The van der Waals surface area contributed by atoms with Crippen LogP contribution in [0.3, 0.4) is 0 Å². The third-order valence-electron chi connectivity index (χ3n) is 9.98. The molecule has 0 nitrogen and oxygen atoms in total. The number of benzene rings is 2. The molecule has 0 N–H and O–H groups in total. The van der Waals surface area contributed by atoms with Crippen molar-refractivity contribution in [2.75, 3.05) is 0 Å². The van der Waals surface area contributed by atoms with Crippen molar-refractivity contribution in [3.63, 3.8) is 0 Å². The van der Waals surface area contributed by atoms with E-state index in [1.165, 1.54) is 38.5 Å². The summed E-state index contributed by atoms with van der Waals surface area (Å²) in [5.74, 6) is -0.566. The van der Waals surface area contributed by atoms with Crippen LogP contribution in [0.5, 0.6) is 0 Å². The van der Waals surface area contributed by atoms with Crippen LogP contribution < -0.4 is 0 Å². The van der Waals surface area contributed by atoms with E-state index in [9.17, 15) is 22.0 Å². The van der Waals surface area contributed by atoms with E-state index in [1.807, 2.05) is 6.07 Å². The fraction of sp³-hybridized carbons (Fsp3) is 0.625. The van der Waals surface area contributed by atoms with Crippen LogP contribution in [0.1, 0.15) is 124 Å². The Morgan fingerprint density at radius 3 is 1.53 bits per heavy atom. The molecule has 6 heteroatoms. The second kappa shape index (κ2) is 11.3. The van der Waals surface area contributed by atoms with Crippen molar-refractivity contribution in [3.8, 4) is 0 Å². The largest absolute Gasteiger partial charge is 0.422 e. The molecule has 2 aromatic rings. The lowest BCUT2D eigenvalue weighted by molar-refractivity contribution is -0.142. The Labute approximate surface area is 222 Å². The van der Waals surface area contributed by atoms with Crippen LogP contribution in [0.15, 0.2) is 30.3 Å². The molecule has 208 valence electrons. The summed E-state index contributed by atoms with van der Waals surface area (Å²) in [6.07, 6.45) is 7.49. The molecule has 5 rings (SSSR count). The fourth-order valence-electron chi connectivity index (χ4n) is 7.65. The molecule has 0 aliphatic heterocycles. The molecule has 0 amide bonds. The molecule has 0 unspecified atom stereocenters. The summed E-state index contributed by atoms with van der Waals surface area (Å²) in [6, 6.07) is 7.35. The molecule has 0 spiro atoms. The number of rotatable bonds is 4. The first-order valence-corrected chi connectivity index (χ1v) is 14.5. The van der Waals surface area contributed by atoms with Gasteiger partial charge in [-0.25, -0.2) is 13.2 Å². The highest BCUT2D eigenvalue weighted by molar-refractivity contribution is 5.33. The van der Waals surface area contributed by atoms with Crippen molar-refractivity contribution in [1.29, 1.82) is 0 Å². The van der Waals surface area contributed by atoms with E-state index in [1.54, 1.807) is 6.07 Å². The van der Waals surface area contributed by atoms with E-state index in [0.717, 1.165) is 48.3 Å². The van der Waals surface area contributed by atoms with Crippen LogP contribution in [0, 0.1) is 35.2 Å². The highest BCUT2D eigenvalue weighted by Gasteiger charge is 2.39. The zero-order valence-electron chi connectivity index (χ0n) is 22.1. The molecular formula is C32H38F6. The normalized spacial score (nSPS) is 30.8. The number of alkyl halides is 3. The maximum Gasteiger partial charge on any atom is 0.422 e. The summed E-state index contributed by atoms with van der Waals surface area (Å²) in [4.78, 5) is 0. The first kappa shape index (κ1) is 27.6. The second-order valence-corrected chi connectivity index (χ2v) is 12.3. The van der Waals surface area contributed by atoms with Crippen LogP contribution in [0.4, 0.5) is 26.3 Å². The quantitative estimate of drug-likeness (QED) is 0.341. The molecule has 0 radical (unpaired) electrons. The van der Waals surface area contributed by atoms with E-state index in [2.05, 4.69) is 13.0 Å². The maximum atomic E-state index is 15.3. The Hall–Kier alpha value is -1.98. The number of hydrogen-bond acceptors (Lipinski definition) is 0. The SMILES string of the molecule is CC1CCC(C2CCC(c3ccc(C4CCC(c5cc(F)c(C(F)(F)F)c(F)c5)CC4)c(F)c3)CC2)CC1. The van der Waals surface area contributed by atoms with Gasteiger partial charge in [-0.2, -0.15) is 13.2 Å². The van der Waals surface area contributed by atoms with Crippen LogP contribution in [0.2, 0.25) is 0 Å². The standard InChI is InChI=1S/C32H38F6/c1-19-2-4-20(5-3-19)21-6-8-22(9-7-21)25-14-15-27(28(33)16-25)24-12-10-23(11-13-24)26-17-29(34)31(30(35)18-26)32(36,37)38/h14-24H,2-13H2,1H3. The lowest BCUT2D eigenvalue weighted by atomic mass is 9.68. The summed E-state index contributed by atoms with van der Waals surface area (Å²) >= 11 is 0. The molecule has 0 heterocycles. The van der Waals surface area contributed by atoms with Crippen molar-refractivity contribution in [2.24, 2.45) is 17.8 Å². The maximum absolute atomic E-state index is 15.3. The summed E-state index contributed by atoms with van der Waals surface area (Å²) in [5, 5.41) is 0. The van der Waals surface area contributed by atoms with Crippen LogP contribution in [-0.2, 0) is 6.18 Å². The molecule has 2 aromatic carbocycles. The lowest BCUT2D eigenvalue weighted by Crippen LogP contribution is -2.24. The Morgan fingerprint density at radius 1 is 0.553 bits per heavy atom. The second-order valence-electron chi connectivity index (χ2n) is 12.3. The zero-order chi connectivity index (χ0) is 27.0. The Morgan fingerprint density at radius 2 is 1.00 bits per heavy atom. The molecule has 0 aromatic heterocycles. The molecule has 0 atom stereocenters. The smallest absolute Gasteiger partial charge is 0.207 e. The molecule has 0 saturated heterocycles. The van der Waals surface area contributed by atoms with Crippen molar-refractivity contribution in [1.82, 2.24) is 0 Å². The van der Waals surface area contributed by atoms with Crippen LogP contribution in [0.25, 0.3) is 0 Å². The van der Waals surface area contributed by atoms with Crippen LogP contribution >= 0.6 is 0 Å². The number of hydrogen-bond donors (Lipinski definition) is 0. The molecule has 3 aliphatic rings. The topological polar surface area (TPSA) is 0 Å². The average Bonchev–Trinajstić information content (AvgIpc) is 2.88. The molecule has 3 aliphatic carbocycles. The van der Waals surface area contributed by atoms with E-state index >= 15 is 4.39 Å². The summed E-state index contributed by atoms with van der Waals surface area (Å²) < 4.78 is 82.1. The van der Waals surface area contributed by atoms with Crippen molar-refractivity contribution in [3.05, 3.63) is 70.0 Å². The minimum absolute atomic E-state index is 0.00821. The van der Waals surface area contributed by atoms with E-state index in [0.29, 0.717) is 37.2 Å². The zero-order valence-corrected chi connectivity index (χ0v) is 22.1. The molecule has 0 bridgehead atoms. The third kappa shape index (κ3) is 5.94. The first-order valence-electron chi connectivity index (χ1n) is 14.5. The first-order chi connectivity index (χ1) is 18.1. The Balaban J connectivity index is 1.17. The van der Waals surface area contributed by atoms with Crippen LogP contribution in [-0.4, -0.2) is 0 Å². The van der Waals surface area contributed by atoms with Gasteiger partial charge in [0.25, 0.3) is 0 Å². The molecular weight excluding hydrogens is 498 g/mol. The van der Waals surface area contributed by atoms with Gasteiger partial charge in [0.05, 0.1) is 0 Å². The van der Waals surface area contributed by atoms with Gasteiger partial charge in [0.2, 0.25) is 0 Å². The van der Waals surface area contributed by atoms with Gasteiger partial charge in [0.15, 0.2) is 0 Å². The highest BCUT2D eigenvalue weighted by Crippen LogP contribution is 2.46. The molecule has 3 saturated carbocycles. The van der Waals surface area contributed by atoms with Gasteiger partial charge in [-0.3, -0.25) is 0 Å². The van der Waals surface area contributed by atoms with Gasteiger partial charge in [0, 0.05) is 0 Å². The minimum Gasteiger partial charge on any atom is -0.207 e. The summed E-state index contributed by atoms with van der Waals surface area (Å²) in [7, 11) is 0. The van der Waals surface area contributed by atoms with E-state index in [4.69, 9.17) is 0 Å². The molecule has 38 heavy (non-hydrogen) atoms. The van der Waals surface area contributed by atoms with E-state index in [-0.39, 0.29) is 23.2 Å². The molecule has 3 fully saturated rings. The Kier molecular flexibility index (Phi) is 8.17. The number of halogens is 6. The predicted molar refractivity (Wildman–Crippen MR) is 138 cm³/mol. The minimum atomic E-state index is -5.07. The van der Waals surface area contributed by atoms with Crippen molar-refractivity contribution >= 4 is 0 Å². The lowest BCUT2D eigenvalue weighted by Gasteiger charge is -2.37. The monoisotopic (exact) mass is 536 g/mol. The summed E-state index contributed by atoms with van der Waals surface area (Å²) in [6.45, 7) is 2.36.